The smallest absolute Gasteiger partial charge is 0.328 e. The van der Waals surface area contributed by atoms with Crippen molar-refractivity contribution in [2.24, 2.45) is 5.92 Å². The molecule has 4 rings (SSSR count). The number of nitrogens with one attached hydrogen (secondary N) is 1. The summed E-state index contributed by atoms with van der Waals surface area (Å²) in [5, 5.41) is 3.93. The Morgan fingerprint density at radius 1 is 1.09 bits per heavy atom. The molecule has 1 aliphatic rings. The van der Waals surface area contributed by atoms with E-state index in [-0.39, 0.29) is 17.8 Å². The molecule has 1 aromatic heterocycles. The zero-order valence-electron chi connectivity index (χ0n) is 18.5. The van der Waals surface area contributed by atoms with Gasteiger partial charge in [0, 0.05) is 22.2 Å². The number of rotatable bonds is 7. The van der Waals surface area contributed by atoms with Crippen LogP contribution >= 0.6 is 0 Å². The molecule has 0 spiro atoms. The average molecular weight is 433 g/mol. The Bertz CT molecular complexity index is 1100. The number of aromatic nitrogens is 1. The molecule has 1 aliphatic carbocycles. The van der Waals surface area contributed by atoms with Crippen molar-refractivity contribution in [2.75, 3.05) is 7.11 Å². The van der Waals surface area contributed by atoms with Gasteiger partial charge in [-0.05, 0) is 62.1 Å². The maximum atomic E-state index is 12.7. The second-order valence-electron chi connectivity index (χ2n) is 8.27. The first-order valence-electron chi connectivity index (χ1n) is 11.0. The third-order valence-electron chi connectivity index (χ3n) is 6.05. The maximum Gasteiger partial charge on any atom is 0.328 e. The van der Waals surface area contributed by atoms with Gasteiger partial charge in [-0.25, -0.2) is 4.79 Å². The Kier molecular flexibility index (Phi) is 6.69. The van der Waals surface area contributed by atoms with Crippen molar-refractivity contribution < 1.29 is 19.1 Å². The third kappa shape index (κ3) is 4.90. The summed E-state index contributed by atoms with van der Waals surface area (Å²) in [6.07, 6.45) is 4.00. The van der Waals surface area contributed by atoms with Gasteiger partial charge in [0.1, 0.15) is 18.4 Å². The highest BCUT2D eigenvalue weighted by Crippen LogP contribution is 2.28. The molecule has 1 atom stereocenters. The molecule has 2 aromatic carbocycles. The third-order valence-corrected chi connectivity index (χ3v) is 6.05. The summed E-state index contributed by atoms with van der Waals surface area (Å²) in [6, 6.07) is 16.4. The standard InChI is InChI=1S/C26H28N2O4/c1-17-15-20(22-9-5-6-10-23(22)27-17)16-32-21-13-11-19(12-14-21)25(29)28-24(26(30)31-2)18-7-3-4-8-18/h5-6,9-15,18,24H,3-4,7-8,16H2,1-2H3,(H,28,29). The number of esters is 1. The normalized spacial score (nSPS) is 14.8. The van der Waals surface area contributed by atoms with E-state index in [1.807, 2.05) is 37.3 Å². The number of methoxy groups -OCH3 is 1. The number of benzene rings is 2. The van der Waals surface area contributed by atoms with Gasteiger partial charge in [-0.1, -0.05) is 31.0 Å². The molecule has 1 heterocycles. The number of carbonyl (C=O) groups is 2. The van der Waals surface area contributed by atoms with E-state index >= 15 is 0 Å². The van der Waals surface area contributed by atoms with Gasteiger partial charge < -0.3 is 14.8 Å². The minimum absolute atomic E-state index is 0.132. The first-order chi connectivity index (χ1) is 15.5. The van der Waals surface area contributed by atoms with E-state index in [0.29, 0.717) is 17.9 Å². The van der Waals surface area contributed by atoms with Crippen molar-refractivity contribution in [3.63, 3.8) is 0 Å². The number of pyridine rings is 1. The summed E-state index contributed by atoms with van der Waals surface area (Å²) in [5.74, 6) is 0.132. The second-order valence-corrected chi connectivity index (χ2v) is 8.27. The van der Waals surface area contributed by atoms with Crippen molar-refractivity contribution in [1.29, 1.82) is 0 Å². The van der Waals surface area contributed by atoms with Crippen LogP contribution in [0.5, 0.6) is 5.75 Å². The summed E-state index contributed by atoms with van der Waals surface area (Å²) in [6.45, 7) is 2.37. The molecule has 0 saturated heterocycles. The highest BCUT2D eigenvalue weighted by Gasteiger charge is 2.32. The van der Waals surface area contributed by atoms with E-state index < -0.39 is 6.04 Å². The molecule has 3 aromatic rings. The average Bonchev–Trinajstić information content (AvgIpc) is 3.35. The lowest BCUT2D eigenvalue weighted by Gasteiger charge is -2.22. The van der Waals surface area contributed by atoms with Crippen LogP contribution in [0.1, 0.15) is 47.3 Å². The van der Waals surface area contributed by atoms with Crippen LogP contribution < -0.4 is 10.1 Å². The van der Waals surface area contributed by atoms with Crippen molar-refractivity contribution in [2.45, 2.75) is 45.3 Å². The van der Waals surface area contributed by atoms with Crippen LogP contribution in [0.2, 0.25) is 0 Å². The molecular weight excluding hydrogens is 404 g/mol. The van der Waals surface area contributed by atoms with Gasteiger partial charge in [0.15, 0.2) is 0 Å². The van der Waals surface area contributed by atoms with E-state index in [4.69, 9.17) is 9.47 Å². The van der Waals surface area contributed by atoms with Crippen LogP contribution in [0.4, 0.5) is 0 Å². The first-order valence-corrected chi connectivity index (χ1v) is 11.0. The van der Waals surface area contributed by atoms with Crippen LogP contribution in [-0.4, -0.2) is 30.0 Å². The molecule has 32 heavy (non-hydrogen) atoms. The minimum Gasteiger partial charge on any atom is -0.489 e. The van der Waals surface area contributed by atoms with Crippen LogP contribution in [0.25, 0.3) is 10.9 Å². The number of carbonyl (C=O) groups excluding carboxylic acids is 2. The van der Waals surface area contributed by atoms with E-state index in [1.165, 1.54) is 7.11 Å². The lowest BCUT2D eigenvalue weighted by atomic mass is 9.97. The highest BCUT2D eigenvalue weighted by molar-refractivity contribution is 5.97. The van der Waals surface area contributed by atoms with E-state index in [0.717, 1.165) is 47.8 Å². The van der Waals surface area contributed by atoms with Gasteiger partial charge >= 0.3 is 5.97 Å². The molecule has 6 heteroatoms. The Balaban J connectivity index is 1.42. The number of amides is 1. The molecule has 1 saturated carbocycles. The van der Waals surface area contributed by atoms with Crippen molar-refractivity contribution >= 4 is 22.8 Å². The van der Waals surface area contributed by atoms with Crippen LogP contribution in [-0.2, 0) is 16.1 Å². The molecule has 166 valence electrons. The zero-order valence-corrected chi connectivity index (χ0v) is 18.5. The van der Waals surface area contributed by atoms with E-state index in [9.17, 15) is 9.59 Å². The van der Waals surface area contributed by atoms with Gasteiger partial charge in [-0.3, -0.25) is 9.78 Å². The second kappa shape index (κ2) is 9.81. The molecule has 1 amide bonds. The van der Waals surface area contributed by atoms with Crippen LogP contribution in [0.3, 0.4) is 0 Å². The van der Waals surface area contributed by atoms with Gasteiger partial charge in [0.2, 0.25) is 0 Å². The number of fused-ring (bicyclic) bond motifs is 1. The summed E-state index contributed by atoms with van der Waals surface area (Å²) in [4.78, 5) is 29.5. The lowest BCUT2D eigenvalue weighted by Crippen LogP contribution is -2.45. The summed E-state index contributed by atoms with van der Waals surface area (Å²) in [7, 11) is 1.36. The summed E-state index contributed by atoms with van der Waals surface area (Å²) < 4.78 is 10.9. The van der Waals surface area contributed by atoms with Gasteiger partial charge in [0.25, 0.3) is 5.91 Å². The Labute approximate surface area is 187 Å². The number of hydrogen-bond donors (Lipinski definition) is 1. The number of hydrogen-bond acceptors (Lipinski definition) is 5. The molecule has 0 bridgehead atoms. The monoisotopic (exact) mass is 432 g/mol. The fraction of sp³-hybridized carbons (Fsp3) is 0.346. The van der Waals surface area contributed by atoms with Crippen LogP contribution in [0.15, 0.2) is 54.6 Å². The first kappa shape index (κ1) is 21.8. The van der Waals surface area contributed by atoms with Gasteiger partial charge in [-0.15, -0.1) is 0 Å². The molecule has 1 N–H and O–H groups in total. The predicted octanol–water partition coefficient (Wildman–Crippen LogP) is 4.58. The molecule has 6 nitrogen and oxygen atoms in total. The largest absolute Gasteiger partial charge is 0.489 e. The van der Waals surface area contributed by atoms with Crippen molar-refractivity contribution in [3.8, 4) is 5.75 Å². The molecule has 0 aliphatic heterocycles. The SMILES string of the molecule is COC(=O)C(NC(=O)c1ccc(OCc2cc(C)nc3ccccc23)cc1)C1CCCC1. The predicted molar refractivity (Wildman–Crippen MR) is 122 cm³/mol. The fourth-order valence-corrected chi connectivity index (χ4v) is 4.39. The van der Waals surface area contributed by atoms with E-state index in [2.05, 4.69) is 10.3 Å². The quantitative estimate of drug-likeness (QED) is 0.553. The lowest BCUT2D eigenvalue weighted by molar-refractivity contribution is -0.144. The van der Waals surface area contributed by atoms with Crippen molar-refractivity contribution in [3.05, 3.63) is 71.4 Å². The number of para-hydroxylation sites is 1. The highest BCUT2D eigenvalue weighted by atomic mass is 16.5. The fourth-order valence-electron chi connectivity index (χ4n) is 4.39. The van der Waals surface area contributed by atoms with Crippen molar-refractivity contribution in [1.82, 2.24) is 10.3 Å². The Hall–Kier alpha value is -3.41. The molecule has 1 unspecified atom stereocenters. The number of aryl methyl sites for hydroxylation is 1. The minimum atomic E-state index is -0.603. The molecule has 1 fully saturated rings. The summed E-state index contributed by atoms with van der Waals surface area (Å²) in [5.41, 5.74) is 3.43. The Morgan fingerprint density at radius 3 is 2.53 bits per heavy atom. The molecular formula is C26H28N2O4. The molecule has 0 radical (unpaired) electrons. The number of ether oxygens (including phenoxy) is 2. The van der Waals surface area contributed by atoms with Crippen LogP contribution in [0, 0.1) is 12.8 Å². The van der Waals surface area contributed by atoms with Gasteiger partial charge in [-0.2, -0.15) is 0 Å². The summed E-state index contributed by atoms with van der Waals surface area (Å²) >= 11 is 0. The topological polar surface area (TPSA) is 77.5 Å². The zero-order chi connectivity index (χ0) is 22.5. The van der Waals surface area contributed by atoms with E-state index in [1.54, 1.807) is 24.3 Å². The number of nitrogens with zero attached hydrogens (tertiary/aromatic N) is 1. The Morgan fingerprint density at radius 2 is 1.81 bits per heavy atom. The van der Waals surface area contributed by atoms with Gasteiger partial charge in [0.05, 0.1) is 12.6 Å². The maximum absolute atomic E-state index is 12.7.